The normalized spacial score (nSPS) is 15.9. The Morgan fingerprint density at radius 2 is 1.12 bits per heavy atom. The Balaban J connectivity index is 0.736. The third-order valence-electron chi connectivity index (χ3n) is 17.2. The van der Waals surface area contributed by atoms with Gasteiger partial charge in [0.05, 0.1) is 51.0 Å². The Kier molecular flexibility index (Phi) is 31.3. The summed E-state index contributed by atoms with van der Waals surface area (Å²) in [5.41, 5.74) is 2.89. The number of anilines is 1. The maximum atomic E-state index is 13.5. The third-order valence-corrected chi connectivity index (χ3v) is 17.4. The fourth-order valence-corrected chi connectivity index (χ4v) is 12.2. The minimum Gasteiger partial charge on any atom is -0.508 e. The lowest BCUT2D eigenvalue weighted by Gasteiger charge is -2.44. The summed E-state index contributed by atoms with van der Waals surface area (Å²) in [5.74, 6) is -8.14. The third kappa shape index (κ3) is 25.4. The second-order valence-electron chi connectivity index (χ2n) is 25.1. The average Bonchev–Trinajstić information content (AvgIpc) is 1.49. The topological polar surface area (TPSA) is 480 Å². The average molecular weight is 1470 g/mol. The number of hydrogen-bond acceptors (Lipinski definition) is 21. The number of esters is 1. The summed E-state index contributed by atoms with van der Waals surface area (Å²) in [4.78, 5) is 125. The number of ether oxygens (including phenoxy) is 4. The van der Waals surface area contributed by atoms with Gasteiger partial charge in [-0.05, 0) is 123 Å². The van der Waals surface area contributed by atoms with Crippen molar-refractivity contribution in [3.63, 3.8) is 0 Å². The highest BCUT2D eigenvalue weighted by Gasteiger charge is 2.58. The number of phenolic OH excluding ortho intramolecular Hbond substituents is 3. The first kappa shape index (κ1) is 80.7. The first-order chi connectivity index (χ1) is 49.8. The molecule has 0 aromatic heterocycles. The van der Waals surface area contributed by atoms with Gasteiger partial charge in [-0.2, -0.15) is 0 Å². The lowest BCUT2D eigenvalue weighted by molar-refractivity contribution is -0.141. The van der Waals surface area contributed by atoms with Crippen LogP contribution in [0.3, 0.4) is 0 Å². The van der Waals surface area contributed by atoms with Gasteiger partial charge < -0.3 is 102 Å². The molecule has 16 N–H and O–H groups in total. The summed E-state index contributed by atoms with van der Waals surface area (Å²) in [7, 11) is 0. The molecule has 7 rings (SSSR count). The molecule has 4 aromatic carbocycles. The first-order valence-corrected chi connectivity index (χ1v) is 34.4. The van der Waals surface area contributed by atoms with Crippen LogP contribution in [0.2, 0.25) is 0 Å². The van der Waals surface area contributed by atoms with Crippen molar-refractivity contribution in [1.29, 1.82) is 0 Å². The van der Waals surface area contributed by atoms with Crippen LogP contribution in [0.5, 0.6) is 23.0 Å². The molecule has 0 radical (unpaired) electrons. The molecule has 1 aliphatic carbocycles. The fourth-order valence-electron chi connectivity index (χ4n) is 12.0. The zero-order chi connectivity index (χ0) is 75.3. The molecule has 32 nitrogen and oxygen atoms in total. The van der Waals surface area contributed by atoms with Crippen molar-refractivity contribution in [3.05, 3.63) is 136 Å². The number of hydrogen-bond donors (Lipinski definition) is 16. The number of urea groups is 1. The number of unbranched alkanes of at least 4 members (excludes halogenated alkanes) is 3. The van der Waals surface area contributed by atoms with Crippen molar-refractivity contribution < 1.29 is 113 Å². The number of nitrogens with zero attached hydrogens (tertiary/aromatic N) is 2. The molecule has 0 saturated heterocycles. The van der Waals surface area contributed by atoms with E-state index in [-0.39, 0.29) is 144 Å². The number of carboxylic acids is 5. The summed E-state index contributed by atoms with van der Waals surface area (Å²) < 4.78 is 23.6. The first-order valence-electron chi connectivity index (χ1n) is 34.0. The Morgan fingerprint density at radius 1 is 0.567 bits per heavy atom. The Bertz CT molecular complexity index is 3800. The Hall–Kier alpha value is -10.6. The van der Waals surface area contributed by atoms with Crippen LogP contribution in [0, 0.1) is 5.92 Å². The van der Waals surface area contributed by atoms with Gasteiger partial charge in [-0.3, -0.25) is 38.6 Å². The van der Waals surface area contributed by atoms with E-state index in [4.69, 9.17) is 36.3 Å². The molecule has 104 heavy (non-hydrogen) atoms. The fraction of sp³-hybridized carbons (Fsp3) is 0.451. The molecule has 1 spiro atoms. The maximum Gasteiger partial charge on any atom is 0.339 e. The highest BCUT2D eigenvalue weighted by atomic mass is 32.1. The van der Waals surface area contributed by atoms with Crippen LogP contribution in [0.4, 0.5) is 10.5 Å². The van der Waals surface area contributed by atoms with Crippen molar-refractivity contribution in [3.8, 4) is 23.0 Å². The molecule has 5 unspecified atom stereocenters. The molecular weight excluding hydrogens is 1380 g/mol. The van der Waals surface area contributed by atoms with Gasteiger partial charge in [-0.25, -0.2) is 19.2 Å². The quantitative estimate of drug-likeness (QED) is 0.0168. The number of carbonyl (C=O) groups excluding carboxylic acids is 5. The monoisotopic (exact) mass is 1470 g/mol. The maximum absolute atomic E-state index is 13.5. The molecule has 5 amide bonds. The van der Waals surface area contributed by atoms with E-state index >= 15 is 0 Å². The second kappa shape index (κ2) is 40.3. The van der Waals surface area contributed by atoms with E-state index in [9.17, 15) is 88.8 Å². The minimum absolute atomic E-state index is 0.00562. The van der Waals surface area contributed by atoms with Gasteiger partial charge in [0.15, 0.2) is 10.7 Å². The molecule has 0 saturated carbocycles. The van der Waals surface area contributed by atoms with E-state index in [0.717, 1.165) is 0 Å². The van der Waals surface area contributed by atoms with Gasteiger partial charge in [0.1, 0.15) is 46.9 Å². The number of aliphatic hydroxyl groups is 1. The summed E-state index contributed by atoms with van der Waals surface area (Å²) in [6.45, 7) is 1.28. The van der Waals surface area contributed by atoms with Crippen molar-refractivity contribution in [2.24, 2.45) is 5.92 Å². The number of allylic oxidation sites excluding steroid dienone is 1. The number of rotatable bonds is 45. The predicted molar refractivity (Wildman–Crippen MR) is 376 cm³/mol. The Labute approximate surface area is 603 Å². The molecule has 562 valence electrons. The van der Waals surface area contributed by atoms with Crippen LogP contribution in [0.1, 0.15) is 114 Å². The number of thiocarbonyl (C=S) groups is 1. The predicted octanol–water partition coefficient (Wildman–Crippen LogP) is 4.11. The van der Waals surface area contributed by atoms with E-state index in [1.807, 2.05) is 0 Å². The molecule has 0 bridgehead atoms. The van der Waals surface area contributed by atoms with Crippen LogP contribution in [0.15, 0.2) is 96.8 Å². The number of aliphatic hydroxyl groups excluding tert-OH is 1. The number of nitrogens with one attached hydrogen (secondary N) is 7. The van der Waals surface area contributed by atoms with Gasteiger partial charge >= 0.3 is 41.8 Å². The number of phenols is 3. The lowest BCUT2D eigenvalue weighted by atomic mass is 9.70. The van der Waals surface area contributed by atoms with Crippen LogP contribution in [-0.4, -0.2) is 217 Å². The van der Waals surface area contributed by atoms with Crippen molar-refractivity contribution in [2.45, 2.75) is 120 Å². The zero-order valence-corrected chi connectivity index (χ0v) is 57.9. The zero-order valence-electron chi connectivity index (χ0n) is 57.1. The minimum atomic E-state index is -1.53. The number of amides is 5. The van der Waals surface area contributed by atoms with E-state index in [1.165, 1.54) is 46.2 Å². The van der Waals surface area contributed by atoms with Crippen molar-refractivity contribution in [2.75, 3.05) is 84.1 Å². The second-order valence-corrected chi connectivity index (χ2v) is 25.5. The summed E-state index contributed by atoms with van der Waals surface area (Å²) in [5, 5.41) is 108. The summed E-state index contributed by atoms with van der Waals surface area (Å²) in [6, 6.07) is 15.4. The number of aryl methyl sites for hydroxylation is 2. The van der Waals surface area contributed by atoms with Crippen LogP contribution in [0.25, 0.3) is 0 Å². The Morgan fingerprint density at radius 3 is 1.69 bits per heavy atom. The van der Waals surface area contributed by atoms with E-state index in [1.54, 1.807) is 54.6 Å². The highest BCUT2D eigenvalue weighted by Crippen LogP contribution is 2.56. The number of carbonyl (C=O) groups is 10. The standard InChI is InChI=1S/C71H89N9O23S/c81-48-13-16-52-58(37-48)102-59-38-49(82)14-17-53(59)71(52)51-15-12-47(36-50(51)68(98)103-71)76-70(104)75-27-31-101-33-32-100-30-26-74-62(87)22-11-44-9-20-57(84)46(35-44)40-80(42-65(92)93)29-28-79(41-64(90)91)39-45-34-43(8-19-56(45)83)10-21-61(86)73-24-4-1-2-7-60(85)72-25-5-3-6-54(66(94)95)77-69(99)78-55(67(96)97)18-23-63(88)89/h8-9,12-17,19-20,34-38,52,54-55,58,81-84H,1-7,10-11,18,21-33,39-42H2,(H,72,85)(H,73,86)(H,74,87)(H,88,89)(H,90,91)(H,92,93)(H,94,95)(H,96,97)(H2,75,76,104)(H2,77,78,99). The number of aliphatic carboxylic acids is 5. The molecule has 2 heterocycles. The van der Waals surface area contributed by atoms with E-state index in [2.05, 4.69) is 37.2 Å². The lowest BCUT2D eigenvalue weighted by Crippen LogP contribution is -2.51. The molecule has 4 aromatic rings. The summed E-state index contributed by atoms with van der Waals surface area (Å²) >= 11 is 5.50. The van der Waals surface area contributed by atoms with Crippen molar-refractivity contribution >= 4 is 82.6 Å². The van der Waals surface area contributed by atoms with Gasteiger partial charge in [-0.15, -0.1) is 0 Å². The SMILES string of the molecule is O=C(O)CCC(NC(=O)NC(CCCCNC(=O)CCCCCNC(=O)CCc1ccc(O)c(CN(CCN(CC(=O)O)Cc2cc(CCC(=O)NCCOCCOCCNC(=S)Nc3ccc4c(c3)C(=O)OC43c4ccc(O)cc4OC4C=C(O)C=CC43)ccc2O)CC(=O)O)c1)C(=O)O)C(=O)O. The smallest absolute Gasteiger partial charge is 0.339 e. The highest BCUT2D eigenvalue weighted by molar-refractivity contribution is 7.80. The summed E-state index contributed by atoms with van der Waals surface area (Å²) in [6.07, 6.45) is 6.63. The number of benzene rings is 4. The van der Waals surface area contributed by atoms with Crippen LogP contribution >= 0.6 is 12.2 Å². The molecule has 3 aliphatic rings. The van der Waals surface area contributed by atoms with E-state index < -0.39 is 97.5 Å². The molecule has 0 fully saturated rings. The van der Waals surface area contributed by atoms with Crippen LogP contribution in [-0.2, 0) is 84.1 Å². The van der Waals surface area contributed by atoms with Gasteiger partial charge in [0.2, 0.25) is 17.7 Å². The molecular formula is C71H89N9O23S. The molecule has 2 aliphatic heterocycles. The molecule has 33 heteroatoms. The van der Waals surface area contributed by atoms with Gasteiger partial charge in [0.25, 0.3) is 0 Å². The van der Waals surface area contributed by atoms with Crippen LogP contribution < -0.4 is 42.0 Å². The van der Waals surface area contributed by atoms with Gasteiger partial charge in [-0.1, -0.05) is 42.8 Å². The van der Waals surface area contributed by atoms with E-state index in [0.29, 0.717) is 102 Å². The number of aromatic hydroxyl groups is 3. The van der Waals surface area contributed by atoms with Gasteiger partial charge in [0, 0.05) is 112 Å². The van der Waals surface area contributed by atoms with Crippen molar-refractivity contribution in [1.82, 2.24) is 41.7 Å². The number of fused-ring (bicyclic) bond motifs is 6. The number of carboxylic acid groups (broad SMARTS) is 5. The molecule has 5 atom stereocenters. The largest absolute Gasteiger partial charge is 0.508 e.